The number of aliphatic hydroxyl groups is 1. The number of ether oxygens (including phenoxy) is 1. The summed E-state index contributed by atoms with van der Waals surface area (Å²) in [6, 6.07) is 0. The first-order chi connectivity index (χ1) is 24.2. The number of fused-ring (bicyclic) bond motifs is 7. The number of aliphatic carboxylic acids is 1. The smallest absolute Gasteiger partial charge is 0.309 e. The fourth-order valence-electron chi connectivity index (χ4n) is 13.8. The number of carbonyl (C=O) groups is 4. The zero-order valence-corrected chi connectivity index (χ0v) is 33.8. The minimum absolute atomic E-state index is 0.0271. The normalized spacial score (nSPS) is 39.6. The number of aliphatic hydroxyl groups excluding tert-OH is 1. The van der Waals surface area contributed by atoms with E-state index in [2.05, 4.69) is 53.8 Å². The molecule has 5 fully saturated rings. The number of carboxylic acids is 1. The van der Waals surface area contributed by atoms with E-state index in [1.165, 1.54) is 12.0 Å². The van der Waals surface area contributed by atoms with Crippen LogP contribution in [-0.4, -0.2) is 52.6 Å². The number of hydrogen-bond acceptors (Lipinski definition) is 6. The highest BCUT2D eigenvalue weighted by molar-refractivity contribution is 6.00. The van der Waals surface area contributed by atoms with Crippen molar-refractivity contribution < 1.29 is 34.1 Å². The maximum atomic E-state index is 14.0. The molecule has 5 saturated carbocycles. The Bertz CT molecular complexity index is 1490. The van der Waals surface area contributed by atoms with Crippen LogP contribution in [0.25, 0.3) is 0 Å². The second-order valence-corrected chi connectivity index (χ2v) is 20.7. The Labute approximate surface area is 313 Å². The summed E-state index contributed by atoms with van der Waals surface area (Å²) in [6.45, 7) is 19.7. The Morgan fingerprint density at radius 3 is 2.17 bits per heavy atom. The molecule has 0 aromatic heterocycles. The largest absolute Gasteiger partial charge is 0.481 e. The van der Waals surface area contributed by atoms with Gasteiger partial charge in [0.25, 0.3) is 0 Å². The van der Waals surface area contributed by atoms with Gasteiger partial charge >= 0.3 is 11.9 Å². The third kappa shape index (κ3) is 6.02. The summed E-state index contributed by atoms with van der Waals surface area (Å²) in [5.74, 6) is -0.0352. The van der Waals surface area contributed by atoms with Gasteiger partial charge in [-0.2, -0.15) is 0 Å². The van der Waals surface area contributed by atoms with Crippen LogP contribution in [0.3, 0.4) is 0 Å². The Morgan fingerprint density at radius 1 is 0.865 bits per heavy atom. The zero-order valence-electron chi connectivity index (χ0n) is 33.8. The summed E-state index contributed by atoms with van der Waals surface area (Å²) in [6.07, 6.45) is 11.9. The fraction of sp³-hybridized carbons (Fsp3) is 0.864. The summed E-state index contributed by atoms with van der Waals surface area (Å²) in [7, 11) is 0. The second-order valence-electron chi connectivity index (χ2n) is 20.7. The maximum Gasteiger partial charge on any atom is 0.309 e. The number of Topliss-reactive ketones (excluding diaryl/α,β-unsaturated/α-hetero) is 1. The minimum Gasteiger partial charge on any atom is -0.481 e. The molecule has 0 aromatic rings. The van der Waals surface area contributed by atoms with Crippen molar-refractivity contribution in [1.29, 1.82) is 0 Å². The lowest BCUT2D eigenvalue weighted by atomic mass is 9.33. The van der Waals surface area contributed by atoms with Gasteiger partial charge in [0, 0.05) is 29.7 Å². The lowest BCUT2D eigenvalue weighted by molar-refractivity contribution is -0.235. The van der Waals surface area contributed by atoms with Gasteiger partial charge in [0.2, 0.25) is 5.91 Å². The van der Waals surface area contributed by atoms with Gasteiger partial charge in [0.1, 0.15) is 6.10 Å². The SMILES string of the molecule is CC(C)C1=C2[C@H]3CC[C@@H]4[C@@]5(C)CC[C@H](OC(=O)CC(C)(C)C(=O)O)C(C)(C)[C@H]5CC[C@@]4(C)[C@]3(C)CC[C@@]2([C@@H](O)CNC(=O)C2CCCCC2)CC1=O. The first-order valence-electron chi connectivity index (χ1n) is 20.8. The number of allylic oxidation sites excluding steroid dienone is 1. The van der Waals surface area contributed by atoms with E-state index in [0.717, 1.165) is 82.6 Å². The third-order valence-electron chi connectivity index (χ3n) is 16.9. The van der Waals surface area contributed by atoms with Crippen LogP contribution in [0.5, 0.6) is 0 Å². The van der Waals surface area contributed by atoms with Crippen LogP contribution in [-0.2, 0) is 23.9 Å². The molecular formula is C44H69NO7. The molecule has 0 saturated heterocycles. The van der Waals surface area contributed by atoms with Crippen LogP contribution in [0.15, 0.2) is 11.1 Å². The minimum atomic E-state index is -1.17. The van der Waals surface area contributed by atoms with E-state index >= 15 is 0 Å². The lowest BCUT2D eigenvalue weighted by Crippen LogP contribution is -2.66. The number of carbonyl (C=O) groups excluding carboxylic acids is 3. The van der Waals surface area contributed by atoms with Gasteiger partial charge in [0.05, 0.1) is 17.9 Å². The average Bonchev–Trinajstić information content (AvgIpc) is 3.38. The van der Waals surface area contributed by atoms with Gasteiger partial charge in [-0.05, 0) is 124 Å². The molecule has 9 atom stereocenters. The highest BCUT2D eigenvalue weighted by Gasteiger charge is 2.70. The van der Waals surface area contributed by atoms with Gasteiger partial charge in [-0.3, -0.25) is 19.2 Å². The molecule has 0 unspecified atom stereocenters. The van der Waals surface area contributed by atoms with Crippen molar-refractivity contribution in [2.24, 2.45) is 62.1 Å². The Morgan fingerprint density at radius 2 is 1.54 bits per heavy atom. The summed E-state index contributed by atoms with van der Waals surface area (Å²) < 4.78 is 6.16. The first-order valence-corrected chi connectivity index (χ1v) is 20.8. The molecule has 6 rings (SSSR count). The molecule has 292 valence electrons. The van der Waals surface area contributed by atoms with Crippen molar-refractivity contribution in [2.45, 2.75) is 171 Å². The van der Waals surface area contributed by atoms with Crippen molar-refractivity contribution >= 4 is 23.6 Å². The van der Waals surface area contributed by atoms with E-state index in [0.29, 0.717) is 18.3 Å². The predicted molar refractivity (Wildman–Crippen MR) is 201 cm³/mol. The van der Waals surface area contributed by atoms with Gasteiger partial charge in [0.15, 0.2) is 5.78 Å². The number of nitrogens with one attached hydrogen (secondary N) is 1. The first kappa shape index (κ1) is 39.5. The number of esters is 1. The van der Waals surface area contributed by atoms with Crippen molar-refractivity contribution in [2.75, 3.05) is 6.54 Å². The van der Waals surface area contributed by atoms with E-state index < -0.39 is 28.9 Å². The van der Waals surface area contributed by atoms with Gasteiger partial charge in [-0.15, -0.1) is 0 Å². The second kappa shape index (κ2) is 13.5. The van der Waals surface area contributed by atoms with Gasteiger partial charge < -0.3 is 20.3 Å². The highest BCUT2D eigenvalue weighted by Crippen LogP contribution is 2.77. The molecule has 0 spiro atoms. The quantitative estimate of drug-likeness (QED) is 0.204. The summed E-state index contributed by atoms with van der Waals surface area (Å²) >= 11 is 0. The van der Waals surface area contributed by atoms with Gasteiger partial charge in [-0.25, -0.2) is 0 Å². The number of carboxylic acid groups (broad SMARTS) is 1. The standard InChI is InChI=1S/C44H69NO7/c1-26(2)35-29(46)23-44(32(47)25-45-37(49)27-13-11-10-12-14-27)22-21-42(8)28(36(35)44)15-16-31-41(7)19-18-33(52-34(48)24-39(3,4)38(50)51)40(5,6)30(41)17-20-43(31,42)9/h26-28,30-33,47H,10-25H2,1-9H3,(H,45,49)(H,50,51)/t28-,30-,31-,32+,33+,41+,42-,43-,44+/m1/s1. The van der Waals surface area contributed by atoms with Crippen LogP contribution >= 0.6 is 0 Å². The van der Waals surface area contributed by atoms with Crippen LogP contribution in [0.4, 0.5) is 0 Å². The Hall–Kier alpha value is -2.22. The molecule has 0 aromatic carbocycles. The van der Waals surface area contributed by atoms with Crippen molar-refractivity contribution in [1.82, 2.24) is 5.32 Å². The van der Waals surface area contributed by atoms with E-state index in [9.17, 15) is 29.4 Å². The van der Waals surface area contributed by atoms with Crippen LogP contribution in [0.2, 0.25) is 0 Å². The highest BCUT2D eigenvalue weighted by atomic mass is 16.5. The molecule has 0 heterocycles. The molecule has 0 radical (unpaired) electrons. The number of amides is 1. The maximum absolute atomic E-state index is 14.0. The molecule has 52 heavy (non-hydrogen) atoms. The molecule has 8 nitrogen and oxygen atoms in total. The molecule has 6 aliphatic carbocycles. The number of rotatable bonds is 9. The summed E-state index contributed by atoms with van der Waals surface area (Å²) in [5, 5.41) is 24.9. The van der Waals surface area contributed by atoms with Crippen molar-refractivity contribution in [3.63, 3.8) is 0 Å². The Kier molecular flexibility index (Phi) is 10.3. The molecule has 0 bridgehead atoms. The third-order valence-corrected chi connectivity index (χ3v) is 16.9. The molecule has 6 aliphatic rings. The number of ketones is 1. The monoisotopic (exact) mass is 724 g/mol. The Balaban J connectivity index is 1.26. The van der Waals surface area contributed by atoms with Crippen molar-refractivity contribution in [3.8, 4) is 0 Å². The van der Waals surface area contributed by atoms with E-state index in [1.807, 2.05) is 0 Å². The molecule has 8 heteroatoms. The van der Waals surface area contributed by atoms with E-state index in [4.69, 9.17) is 4.74 Å². The predicted octanol–water partition coefficient (Wildman–Crippen LogP) is 8.44. The van der Waals surface area contributed by atoms with Crippen LogP contribution < -0.4 is 5.32 Å². The fourth-order valence-corrected chi connectivity index (χ4v) is 13.8. The average molecular weight is 724 g/mol. The molecule has 1 amide bonds. The summed E-state index contributed by atoms with van der Waals surface area (Å²) in [5.41, 5.74) is 0.159. The van der Waals surface area contributed by atoms with Gasteiger partial charge in [-0.1, -0.05) is 73.3 Å². The zero-order chi connectivity index (χ0) is 38.2. The van der Waals surface area contributed by atoms with Crippen LogP contribution in [0, 0.1) is 62.1 Å². The topological polar surface area (TPSA) is 130 Å². The lowest BCUT2D eigenvalue weighted by Gasteiger charge is -2.72. The summed E-state index contributed by atoms with van der Waals surface area (Å²) in [4.78, 5) is 52.0. The number of hydrogen-bond donors (Lipinski definition) is 3. The molecule has 0 aliphatic heterocycles. The van der Waals surface area contributed by atoms with E-state index in [1.54, 1.807) is 13.8 Å². The van der Waals surface area contributed by atoms with E-state index in [-0.39, 0.29) is 70.2 Å². The molecule has 3 N–H and O–H groups in total. The van der Waals surface area contributed by atoms with Crippen LogP contribution in [0.1, 0.15) is 159 Å². The molecular weight excluding hydrogens is 654 g/mol. The van der Waals surface area contributed by atoms with Crippen molar-refractivity contribution in [3.05, 3.63) is 11.1 Å².